The summed E-state index contributed by atoms with van der Waals surface area (Å²) in [6.45, 7) is 6.74. The molecule has 2 aliphatic carbocycles. The lowest BCUT2D eigenvalue weighted by atomic mass is 9.89. The summed E-state index contributed by atoms with van der Waals surface area (Å²) in [4.78, 5) is 33.0. The Balaban J connectivity index is 1.59. The molecule has 2 aliphatic rings. The predicted octanol–water partition coefficient (Wildman–Crippen LogP) is 4.53. The van der Waals surface area contributed by atoms with Crippen LogP contribution in [0.4, 0.5) is 0 Å². The van der Waals surface area contributed by atoms with Gasteiger partial charge in [0.05, 0.1) is 10.6 Å². The van der Waals surface area contributed by atoms with Crippen molar-refractivity contribution in [1.29, 1.82) is 0 Å². The number of thiophene rings is 1. The largest absolute Gasteiger partial charge is 0.352 e. The van der Waals surface area contributed by atoms with Crippen molar-refractivity contribution in [1.82, 2.24) is 14.9 Å². The predicted molar refractivity (Wildman–Crippen MR) is 121 cm³/mol. The second-order valence-corrected chi connectivity index (χ2v) is 11.0. The van der Waals surface area contributed by atoms with Gasteiger partial charge in [0, 0.05) is 17.5 Å². The number of amides is 1. The molecule has 2 aromatic heterocycles. The smallest absolute Gasteiger partial charge is 0.263 e. The molecule has 0 spiro atoms. The Labute approximate surface area is 180 Å². The Morgan fingerprint density at radius 3 is 2.79 bits per heavy atom. The molecule has 29 heavy (non-hydrogen) atoms. The molecule has 1 N–H and O–H groups in total. The van der Waals surface area contributed by atoms with Crippen molar-refractivity contribution in [2.45, 2.75) is 95.1 Å². The minimum absolute atomic E-state index is 0.0539. The number of thioether (sulfide) groups is 1. The average molecular weight is 434 g/mol. The van der Waals surface area contributed by atoms with E-state index in [1.165, 1.54) is 41.5 Å². The Morgan fingerprint density at radius 2 is 2.07 bits per heavy atom. The molecule has 2 heterocycles. The van der Waals surface area contributed by atoms with Crippen molar-refractivity contribution < 1.29 is 4.79 Å². The normalized spacial score (nSPS) is 21.1. The number of fused-ring (bicyclic) bond motifs is 3. The van der Waals surface area contributed by atoms with Gasteiger partial charge in [-0.3, -0.25) is 14.2 Å². The van der Waals surface area contributed by atoms with E-state index in [9.17, 15) is 9.59 Å². The highest BCUT2D eigenvalue weighted by Crippen LogP contribution is 2.37. The third-order valence-electron chi connectivity index (χ3n) is 6.30. The van der Waals surface area contributed by atoms with Crippen LogP contribution in [-0.2, 0) is 24.2 Å². The quantitative estimate of drug-likeness (QED) is 0.556. The number of nitrogens with one attached hydrogen (secondary N) is 1. The van der Waals surface area contributed by atoms with Gasteiger partial charge < -0.3 is 5.32 Å². The van der Waals surface area contributed by atoms with Gasteiger partial charge in [-0.05, 0) is 57.4 Å². The maximum atomic E-state index is 13.3. The molecule has 1 saturated carbocycles. The second kappa shape index (κ2) is 8.80. The van der Waals surface area contributed by atoms with Crippen LogP contribution in [0.3, 0.4) is 0 Å². The Bertz CT molecular complexity index is 959. The molecule has 158 valence electrons. The number of aromatic nitrogens is 2. The molecule has 5 nitrogen and oxygen atoms in total. The average Bonchev–Trinajstić information content (AvgIpc) is 3.06. The van der Waals surface area contributed by atoms with E-state index >= 15 is 0 Å². The van der Waals surface area contributed by atoms with E-state index in [0.29, 0.717) is 23.7 Å². The molecule has 0 bridgehead atoms. The van der Waals surface area contributed by atoms with E-state index in [2.05, 4.69) is 12.2 Å². The molecular formula is C22H31N3O2S2. The highest BCUT2D eigenvalue weighted by atomic mass is 32.2. The highest BCUT2D eigenvalue weighted by Gasteiger charge is 2.26. The van der Waals surface area contributed by atoms with Crippen molar-refractivity contribution in [3.05, 3.63) is 20.8 Å². The van der Waals surface area contributed by atoms with E-state index in [4.69, 9.17) is 4.98 Å². The van der Waals surface area contributed by atoms with Gasteiger partial charge in [-0.25, -0.2) is 4.98 Å². The van der Waals surface area contributed by atoms with Crippen molar-refractivity contribution in [3.8, 4) is 0 Å². The van der Waals surface area contributed by atoms with Crippen LogP contribution in [0.15, 0.2) is 9.95 Å². The van der Waals surface area contributed by atoms with Gasteiger partial charge >= 0.3 is 0 Å². The third-order valence-corrected chi connectivity index (χ3v) is 8.54. The van der Waals surface area contributed by atoms with Gasteiger partial charge in [-0.2, -0.15) is 0 Å². The number of rotatable bonds is 5. The van der Waals surface area contributed by atoms with E-state index in [1.54, 1.807) is 15.9 Å². The maximum absolute atomic E-state index is 13.3. The van der Waals surface area contributed by atoms with Crippen LogP contribution in [0.1, 0.15) is 69.7 Å². The zero-order valence-corrected chi connectivity index (χ0v) is 19.3. The Kier molecular flexibility index (Phi) is 6.35. The monoisotopic (exact) mass is 433 g/mol. The first-order valence-electron chi connectivity index (χ1n) is 11.0. The molecule has 7 heteroatoms. The van der Waals surface area contributed by atoms with Crippen molar-refractivity contribution in [2.75, 3.05) is 0 Å². The van der Waals surface area contributed by atoms with Crippen molar-refractivity contribution in [3.63, 3.8) is 0 Å². The van der Waals surface area contributed by atoms with E-state index in [-0.39, 0.29) is 16.7 Å². The van der Waals surface area contributed by atoms with Crippen molar-refractivity contribution >= 4 is 39.2 Å². The molecule has 2 unspecified atom stereocenters. The number of nitrogens with zero attached hydrogens (tertiary/aromatic N) is 2. The zero-order valence-electron chi connectivity index (χ0n) is 17.6. The SMILES string of the molecule is CCn1c(SC(C)C(=O)NC2CCCCC2)nc2sc3c(c2c1=O)CCC(C)C3. The standard InChI is InChI=1S/C22H31N3O2S2/c1-4-25-21(27)18-16-11-10-13(2)12-17(16)29-20(18)24-22(25)28-14(3)19(26)23-15-8-6-5-7-9-15/h13-15H,4-12H2,1-3H3,(H,23,26). The molecule has 0 aliphatic heterocycles. The number of hydrogen-bond donors (Lipinski definition) is 1. The fraction of sp³-hybridized carbons (Fsp3) is 0.682. The summed E-state index contributed by atoms with van der Waals surface area (Å²) in [6.07, 6.45) is 8.97. The summed E-state index contributed by atoms with van der Waals surface area (Å²) in [6, 6.07) is 0.300. The van der Waals surface area contributed by atoms with Gasteiger partial charge in [-0.15, -0.1) is 11.3 Å². The van der Waals surface area contributed by atoms with Gasteiger partial charge in [0.25, 0.3) is 5.56 Å². The van der Waals surface area contributed by atoms with Gasteiger partial charge in [0.15, 0.2) is 5.16 Å². The minimum Gasteiger partial charge on any atom is -0.352 e. The molecule has 1 fully saturated rings. The second-order valence-electron chi connectivity index (χ2n) is 8.58. The first-order valence-corrected chi connectivity index (χ1v) is 12.7. The number of carbonyl (C=O) groups excluding carboxylic acids is 1. The zero-order chi connectivity index (χ0) is 20.5. The van der Waals surface area contributed by atoms with Gasteiger partial charge in [0.1, 0.15) is 4.83 Å². The first-order chi connectivity index (χ1) is 14.0. The van der Waals surface area contributed by atoms with Crippen LogP contribution in [0, 0.1) is 5.92 Å². The summed E-state index contributed by atoms with van der Waals surface area (Å²) in [7, 11) is 0. The van der Waals surface area contributed by atoms with Crippen LogP contribution in [-0.4, -0.2) is 26.8 Å². The fourth-order valence-electron chi connectivity index (χ4n) is 4.55. The molecule has 1 amide bonds. The summed E-state index contributed by atoms with van der Waals surface area (Å²) in [5.41, 5.74) is 1.29. The van der Waals surface area contributed by atoms with E-state index in [1.807, 2.05) is 13.8 Å². The van der Waals surface area contributed by atoms with Crippen molar-refractivity contribution in [2.24, 2.45) is 5.92 Å². The van der Waals surface area contributed by atoms with Gasteiger partial charge in [0.2, 0.25) is 5.91 Å². The molecule has 0 aromatic carbocycles. The van der Waals surface area contributed by atoms with Crippen LogP contribution in [0.5, 0.6) is 0 Å². The third kappa shape index (κ3) is 4.26. The Hall–Kier alpha value is -1.34. The summed E-state index contributed by atoms with van der Waals surface area (Å²) < 4.78 is 1.75. The topological polar surface area (TPSA) is 64.0 Å². The lowest BCUT2D eigenvalue weighted by Gasteiger charge is -2.24. The highest BCUT2D eigenvalue weighted by molar-refractivity contribution is 8.00. The van der Waals surface area contributed by atoms with Crippen LogP contribution in [0.2, 0.25) is 0 Å². The lowest BCUT2D eigenvalue weighted by Crippen LogP contribution is -2.40. The summed E-state index contributed by atoms with van der Waals surface area (Å²) in [5, 5.41) is 4.42. The molecule has 0 saturated heterocycles. The number of hydrogen-bond acceptors (Lipinski definition) is 5. The maximum Gasteiger partial charge on any atom is 0.263 e. The van der Waals surface area contributed by atoms with Crippen LogP contribution < -0.4 is 10.9 Å². The first kappa shape index (κ1) is 20.9. The molecule has 0 radical (unpaired) electrons. The number of carbonyl (C=O) groups is 1. The molecule has 2 aromatic rings. The summed E-state index contributed by atoms with van der Waals surface area (Å²) in [5.74, 6) is 0.722. The molecule has 4 rings (SSSR count). The fourth-order valence-corrected chi connectivity index (χ4v) is 6.96. The van der Waals surface area contributed by atoms with E-state index in [0.717, 1.165) is 42.3 Å². The Morgan fingerprint density at radius 1 is 1.31 bits per heavy atom. The van der Waals surface area contributed by atoms with Crippen LogP contribution in [0.25, 0.3) is 10.2 Å². The summed E-state index contributed by atoms with van der Waals surface area (Å²) >= 11 is 3.09. The lowest BCUT2D eigenvalue weighted by molar-refractivity contribution is -0.121. The number of aryl methyl sites for hydroxylation is 1. The molecule has 2 atom stereocenters. The van der Waals surface area contributed by atoms with Gasteiger partial charge in [-0.1, -0.05) is 37.9 Å². The molecular weight excluding hydrogens is 402 g/mol. The van der Waals surface area contributed by atoms with Crippen LogP contribution >= 0.6 is 23.1 Å². The van der Waals surface area contributed by atoms with E-state index < -0.39 is 0 Å². The minimum atomic E-state index is -0.270.